The van der Waals surface area contributed by atoms with Crippen molar-refractivity contribution in [2.45, 2.75) is 32.1 Å². The average Bonchev–Trinajstić information content (AvgIpc) is 2.89. The number of hydrogen-bond donors (Lipinski definition) is 0. The molecule has 26 heavy (non-hydrogen) atoms. The lowest BCUT2D eigenvalue weighted by molar-refractivity contribution is 0.122. The molecule has 0 radical (unpaired) electrons. The number of rotatable bonds is 2. The van der Waals surface area contributed by atoms with E-state index >= 15 is 0 Å². The molecule has 5 nitrogen and oxygen atoms in total. The Morgan fingerprint density at radius 3 is 2.73 bits per heavy atom. The number of anilines is 1. The maximum atomic E-state index is 5.57. The summed E-state index contributed by atoms with van der Waals surface area (Å²) in [5, 5.41) is 1.29. The van der Waals surface area contributed by atoms with Gasteiger partial charge in [0.15, 0.2) is 5.82 Å². The second-order valence-electron chi connectivity index (χ2n) is 6.93. The third-order valence-electron chi connectivity index (χ3n) is 5.25. The number of morpholine rings is 1. The summed E-state index contributed by atoms with van der Waals surface area (Å²) in [5.74, 6) is 1.81. The minimum Gasteiger partial charge on any atom is -0.378 e. The molecule has 0 N–H and O–H groups in total. The summed E-state index contributed by atoms with van der Waals surface area (Å²) in [6.45, 7) is 3.30. The normalized spacial score (nSPS) is 17.9. The molecule has 0 saturated carbocycles. The number of hydrogen-bond acceptors (Lipinski definition) is 6. The maximum absolute atomic E-state index is 5.57. The Morgan fingerprint density at radius 1 is 1.00 bits per heavy atom. The lowest BCUT2D eigenvalue weighted by atomic mass is 10.1. The third-order valence-corrected chi connectivity index (χ3v) is 6.44. The number of aromatic nitrogens is 3. The molecule has 1 aliphatic carbocycles. The number of fused-ring (bicyclic) bond motifs is 3. The standard InChI is InChI=1S/C20H22N4OS/c1-2-6-14-16(8-3-1)26-20-17(14)19(24-10-12-25-13-11-24)22-18(23-20)15-7-4-5-9-21-15/h4-5,7,9H,1-3,6,8,10-13H2. The van der Waals surface area contributed by atoms with Crippen LogP contribution in [0.3, 0.4) is 0 Å². The summed E-state index contributed by atoms with van der Waals surface area (Å²) in [6, 6.07) is 5.91. The monoisotopic (exact) mass is 366 g/mol. The van der Waals surface area contributed by atoms with Gasteiger partial charge in [-0.05, 0) is 43.4 Å². The van der Waals surface area contributed by atoms with Gasteiger partial charge in [0.25, 0.3) is 0 Å². The quantitative estimate of drug-likeness (QED) is 0.645. The van der Waals surface area contributed by atoms with Crippen molar-refractivity contribution < 1.29 is 4.74 Å². The molecule has 0 aromatic carbocycles. The fourth-order valence-corrected chi connectivity index (χ4v) is 5.18. The topological polar surface area (TPSA) is 51.1 Å². The van der Waals surface area contributed by atoms with Crippen molar-refractivity contribution in [1.82, 2.24) is 15.0 Å². The molecule has 3 aromatic rings. The molecule has 0 amide bonds. The summed E-state index contributed by atoms with van der Waals surface area (Å²) in [6.07, 6.45) is 8.01. The number of pyridine rings is 1. The molecular formula is C20H22N4OS. The van der Waals surface area contributed by atoms with E-state index in [1.807, 2.05) is 29.5 Å². The van der Waals surface area contributed by atoms with Crippen molar-refractivity contribution >= 4 is 27.4 Å². The van der Waals surface area contributed by atoms with Gasteiger partial charge in [-0.1, -0.05) is 12.5 Å². The van der Waals surface area contributed by atoms with Crippen molar-refractivity contribution in [3.8, 4) is 11.5 Å². The van der Waals surface area contributed by atoms with Crippen LogP contribution in [-0.4, -0.2) is 41.3 Å². The molecule has 0 spiro atoms. The van der Waals surface area contributed by atoms with Crippen molar-refractivity contribution in [2.24, 2.45) is 0 Å². The van der Waals surface area contributed by atoms with Crippen molar-refractivity contribution in [3.63, 3.8) is 0 Å². The summed E-state index contributed by atoms with van der Waals surface area (Å²) < 4.78 is 5.57. The molecule has 1 aliphatic heterocycles. The first kappa shape index (κ1) is 16.1. The van der Waals surface area contributed by atoms with Gasteiger partial charge < -0.3 is 9.64 Å². The van der Waals surface area contributed by atoms with Gasteiger partial charge in [0, 0.05) is 24.2 Å². The number of aryl methyl sites for hydroxylation is 2. The van der Waals surface area contributed by atoms with Crippen LogP contribution in [-0.2, 0) is 17.6 Å². The molecule has 0 bridgehead atoms. The molecule has 6 heteroatoms. The third kappa shape index (κ3) is 2.87. The van der Waals surface area contributed by atoms with E-state index in [1.54, 1.807) is 6.20 Å². The van der Waals surface area contributed by atoms with Gasteiger partial charge >= 0.3 is 0 Å². The minimum atomic E-state index is 0.732. The number of thiophene rings is 1. The lowest BCUT2D eigenvalue weighted by Crippen LogP contribution is -2.37. The van der Waals surface area contributed by atoms with Gasteiger partial charge in [0.05, 0.1) is 18.6 Å². The van der Waals surface area contributed by atoms with E-state index < -0.39 is 0 Å². The molecule has 0 atom stereocenters. The largest absolute Gasteiger partial charge is 0.378 e. The fraction of sp³-hybridized carbons (Fsp3) is 0.450. The van der Waals surface area contributed by atoms with E-state index in [2.05, 4.69) is 9.88 Å². The van der Waals surface area contributed by atoms with Crippen LogP contribution in [0.4, 0.5) is 5.82 Å². The smallest absolute Gasteiger partial charge is 0.181 e. The van der Waals surface area contributed by atoms with Crippen LogP contribution in [0.5, 0.6) is 0 Å². The van der Waals surface area contributed by atoms with Crippen LogP contribution in [0, 0.1) is 0 Å². The molecule has 0 unspecified atom stereocenters. The van der Waals surface area contributed by atoms with E-state index in [4.69, 9.17) is 14.7 Å². The minimum absolute atomic E-state index is 0.732. The molecule has 2 aliphatic rings. The van der Waals surface area contributed by atoms with Crippen LogP contribution in [0.2, 0.25) is 0 Å². The van der Waals surface area contributed by atoms with Gasteiger partial charge in [0.2, 0.25) is 0 Å². The van der Waals surface area contributed by atoms with E-state index in [1.165, 1.54) is 41.5 Å². The Morgan fingerprint density at radius 2 is 1.88 bits per heavy atom. The highest BCUT2D eigenvalue weighted by Crippen LogP contribution is 2.40. The summed E-state index contributed by atoms with van der Waals surface area (Å²) in [7, 11) is 0. The van der Waals surface area contributed by atoms with Gasteiger partial charge in [-0.3, -0.25) is 4.98 Å². The van der Waals surface area contributed by atoms with Gasteiger partial charge in [-0.2, -0.15) is 0 Å². The first-order valence-corrected chi connectivity index (χ1v) is 10.3. The Balaban J connectivity index is 1.72. The Kier molecular flexibility index (Phi) is 4.30. The van der Waals surface area contributed by atoms with Gasteiger partial charge in [-0.25, -0.2) is 9.97 Å². The van der Waals surface area contributed by atoms with Gasteiger partial charge in [-0.15, -0.1) is 11.3 Å². The lowest BCUT2D eigenvalue weighted by Gasteiger charge is -2.28. The first-order chi connectivity index (χ1) is 12.9. The molecule has 3 aromatic heterocycles. The first-order valence-electron chi connectivity index (χ1n) is 9.46. The Bertz CT molecular complexity index is 918. The zero-order chi connectivity index (χ0) is 17.3. The highest BCUT2D eigenvalue weighted by molar-refractivity contribution is 7.19. The second-order valence-corrected chi connectivity index (χ2v) is 8.01. The van der Waals surface area contributed by atoms with Crippen LogP contribution in [0.15, 0.2) is 24.4 Å². The highest BCUT2D eigenvalue weighted by atomic mass is 32.1. The van der Waals surface area contributed by atoms with Gasteiger partial charge in [0.1, 0.15) is 16.3 Å². The summed E-state index contributed by atoms with van der Waals surface area (Å²) >= 11 is 1.86. The zero-order valence-electron chi connectivity index (χ0n) is 14.8. The highest BCUT2D eigenvalue weighted by Gasteiger charge is 2.24. The Hall–Kier alpha value is -2.05. The van der Waals surface area contributed by atoms with Crippen LogP contribution in [0.1, 0.15) is 29.7 Å². The second kappa shape index (κ2) is 6.93. The van der Waals surface area contributed by atoms with Crippen LogP contribution >= 0.6 is 11.3 Å². The summed E-state index contributed by atoms with van der Waals surface area (Å²) in [4.78, 5) is 19.4. The van der Waals surface area contributed by atoms with E-state index in [-0.39, 0.29) is 0 Å². The molecule has 5 rings (SSSR count). The predicted molar refractivity (Wildman–Crippen MR) is 105 cm³/mol. The maximum Gasteiger partial charge on any atom is 0.181 e. The molecule has 1 fully saturated rings. The molecule has 134 valence electrons. The fourth-order valence-electron chi connectivity index (χ4n) is 3.93. The molecular weight excluding hydrogens is 344 g/mol. The molecule has 4 heterocycles. The van der Waals surface area contributed by atoms with E-state index in [0.29, 0.717) is 0 Å². The predicted octanol–water partition coefficient (Wildman–Crippen LogP) is 3.86. The van der Waals surface area contributed by atoms with Crippen LogP contribution in [0.25, 0.3) is 21.7 Å². The SMILES string of the molecule is c1ccc(-c2nc(N3CCOCC3)c3c4c(sc3n2)CCCCC4)nc1. The zero-order valence-corrected chi connectivity index (χ0v) is 15.6. The van der Waals surface area contributed by atoms with E-state index in [9.17, 15) is 0 Å². The molecule has 1 saturated heterocycles. The van der Waals surface area contributed by atoms with E-state index in [0.717, 1.165) is 54.9 Å². The average molecular weight is 366 g/mol. The van der Waals surface area contributed by atoms with Crippen molar-refractivity contribution in [1.29, 1.82) is 0 Å². The summed E-state index contributed by atoms with van der Waals surface area (Å²) in [5.41, 5.74) is 2.34. The van der Waals surface area contributed by atoms with Crippen molar-refractivity contribution in [3.05, 3.63) is 34.8 Å². The number of ether oxygens (including phenoxy) is 1. The Labute approximate surface area is 157 Å². The number of nitrogens with zero attached hydrogens (tertiary/aromatic N) is 4. The van der Waals surface area contributed by atoms with Crippen molar-refractivity contribution in [2.75, 3.05) is 31.2 Å². The van der Waals surface area contributed by atoms with Crippen LogP contribution < -0.4 is 4.90 Å².